The molecule has 1 fully saturated rings. The van der Waals surface area contributed by atoms with Crippen LogP contribution in [-0.4, -0.2) is 47.7 Å². The number of nitrogens with zero attached hydrogens (tertiary/aromatic N) is 1. The number of nitrogens with one attached hydrogen (secondary N) is 1. The fourth-order valence-corrected chi connectivity index (χ4v) is 4.97. The smallest absolute Gasteiger partial charge is 0.330 e. The van der Waals surface area contributed by atoms with E-state index >= 15 is 0 Å². The maximum absolute atomic E-state index is 12.3. The van der Waals surface area contributed by atoms with Gasteiger partial charge in [0.15, 0.2) is 0 Å². The van der Waals surface area contributed by atoms with Crippen molar-refractivity contribution in [1.29, 1.82) is 0 Å². The van der Waals surface area contributed by atoms with Crippen molar-refractivity contribution >= 4 is 0 Å². The van der Waals surface area contributed by atoms with Crippen LogP contribution in [0.4, 0.5) is 0 Å². The van der Waals surface area contributed by atoms with Gasteiger partial charge >= 0.3 is 5.69 Å². The quantitative estimate of drug-likeness (QED) is 0.320. The van der Waals surface area contributed by atoms with Crippen LogP contribution >= 0.6 is 0 Å². The summed E-state index contributed by atoms with van der Waals surface area (Å²) in [6, 6.07) is 26.3. The van der Waals surface area contributed by atoms with Crippen LogP contribution in [0.3, 0.4) is 0 Å². The molecule has 9 heteroatoms. The fraction of sp³-hybridized carbons (Fsp3) is 0.267. The SMILES string of the molecule is COc1ccc(C(OC[C@@H]2O[C@@H](n3ccc(=O)[nH]c3=O)C[C@@H]2O)(c2ccccc2)c2ccc(OC)cc2)cc1. The van der Waals surface area contributed by atoms with Crippen molar-refractivity contribution in [3.8, 4) is 11.5 Å². The van der Waals surface area contributed by atoms with Gasteiger partial charge in [-0.15, -0.1) is 0 Å². The third-order valence-electron chi connectivity index (χ3n) is 7.00. The van der Waals surface area contributed by atoms with Gasteiger partial charge in [-0.3, -0.25) is 14.3 Å². The van der Waals surface area contributed by atoms with E-state index in [9.17, 15) is 14.7 Å². The molecule has 4 aromatic rings. The molecule has 1 aromatic heterocycles. The highest BCUT2D eigenvalue weighted by molar-refractivity contribution is 5.49. The third kappa shape index (κ3) is 5.24. The van der Waals surface area contributed by atoms with Gasteiger partial charge in [0.05, 0.1) is 26.9 Å². The molecule has 9 nitrogen and oxygen atoms in total. The first-order valence-corrected chi connectivity index (χ1v) is 12.6. The molecule has 0 amide bonds. The van der Waals surface area contributed by atoms with E-state index in [4.69, 9.17) is 18.9 Å². The van der Waals surface area contributed by atoms with Crippen molar-refractivity contribution in [2.24, 2.45) is 0 Å². The van der Waals surface area contributed by atoms with Gasteiger partial charge in [-0.2, -0.15) is 0 Å². The molecule has 1 aliphatic heterocycles. The lowest BCUT2D eigenvalue weighted by atomic mass is 9.80. The lowest BCUT2D eigenvalue weighted by molar-refractivity contribution is -0.0944. The van der Waals surface area contributed by atoms with Crippen molar-refractivity contribution in [2.75, 3.05) is 20.8 Å². The number of H-pyrrole nitrogens is 1. The first-order chi connectivity index (χ1) is 18.9. The largest absolute Gasteiger partial charge is 0.497 e. The topological polar surface area (TPSA) is 112 Å². The molecule has 0 unspecified atom stereocenters. The molecule has 0 aliphatic carbocycles. The van der Waals surface area contributed by atoms with E-state index in [1.165, 1.54) is 16.8 Å². The van der Waals surface area contributed by atoms with Crippen LogP contribution in [0.25, 0.3) is 0 Å². The number of benzene rings is 3. The van der Waals surface area contributed by atoms with Gasteiger partial charge in [0.1, 0.15) is 29.4 Å². The van der Waals surface area contributed by atoms with Crippen molar-refractivity contribution in [3.63, 3.8) is 0 Å². The van der Waals surface area contributed by atoms with Crippen molar-refractivity contribution in [2.45, 2.75) is 30.5 Å². The van der Waals surface area contributed by atoms with E-state index in [0.717, 1.165) is 16.7 Å². The van der Waals surface area contributed by atoms with E-state index in [0.29, 0.717) is 11.5 Å². The van der Waals surface area contributed by atoms with Crippen LogP contribution in [0.5, 0.6) is 11.5 Å². The van der Waals surface area contributed by atoms with Crippen molar-refractivity contribution in [1.82, 2.24) is 9.55 Å². The van der Waals surface area contributed by atoms with Crippen LogP contribution in [-0.2, 0) is 15.1 Å². The van der Waals surface area contributed by atoms with Gasteiger partial charge in [-0.05, 0) is 41.0 Å². The number of aromatic nitrogens is 2. The van der Waals surface area contributed by atoms with Crippen LogP contribution < -0.4 is 20.7 Å². The first kappa shape index (κ1) is 26.4. The molecule has 2 heterocycles. The summed E-state index contributed by atoms with van der Waals surface area (Å²) in [6.07, 6.45) is -0.831. The minimum atomic E-state index is -1.07. The first-order valence-electron chi connectivity index (χ1n) is 12.6. The van der Waals surface area contributed by atoms with Crippen LogP contribution in [0.15, 0.2) is 101 Å². The number of hydrogen-bond donors (Lipinski definition) is 2. The molecular weight excluding hydrogens is 500 g/mol. The molecule has 2 N–H and O–H groups in total. The number of aliphatic hydroxyl groups excluding tert-OH is 1. The zero-order valence-electron chi connectivity index (χ0n) is 21.7. The molecule has 1 aliphatic rings. The summed E-state index contributed by atoms with van der Waals surface area (Å²) >= 11 is 0. The molecule has 5 rings (SSSR count). The van der Waals surface area contributed by atoms with Gasteiger partial charge in [0.2, 0.25) is 0 Å². The molecule has 3 atom stereocenters. The van der Waals surface area contributed by atoms with E-state index < -0.39 is 35.3 Å². The number of ether oxygens (including phenoxy) is 4. The van der Waals surface area contributed by atoms with Gasteiger partial charge in [0.25, 0.3) is 5.56 Å². The highest BCUT2D eigenvalue weighted by atomic mass is 16.6. The van der Waals surface area contributed by atoms with Gasteiger partial charge in [0, 0.05) is 18.7 Å². The number of aromatic amines is 1. The highest BCUT2D eigenvalue weighted by Crippen LogP contribution is 2.42. The van der Waals surface area contributed by atoms with Crippen LogP contribution in [0, 0.1) is 0 Å². The Morgan fingerprint density at radius 2 is 1.44 bits per heavy atom. The number of aliphatic hydroxyl groups is 1. The van der Waals surface area contributed by atoms with E-state index in [-0.39, 0.29) is 13.0 Å². The molecule has 0 radical (unpaired) electrons. The molecule has 0 spiro atoms. The Hall–Kier alpha value is -4.18. The lowest BCUT2D eigenvalue weighted by Gasteiger charge is -2.37. The lowest BCUT2D eigenvalue weighted by Crippen LogP contribution is -2.38. The number of methoxy groups -OCH3 is 2. The van der Waals surface area contributed by atoms with E-state index in [1.54, 1.807) is 14.2 Å². The Morgan fingerprint density at radius 3 is 1.97 bits per heavy atom. The molecule has 0 bridgehead atoms. The van der Waals surface area contributed by atoms with Crippen LogP contribution in [0.2, 0.25) is 0 Å². The van der Waals surface area contributed by atoms with Crippen LogP contribution in [0.1, 0.15) is 29.3 Å². The predicted octanol–water partition coefficient (Wildman–Crippen LogP) is 3.21. The van der Waals surface area contributed by atoms with Crippen molar-refractivity contribution in [3.05, 3.63) is 129 Å². The van der Waals surface area contributed by atoms with Gasteiger partial charge in [-0.1, -0.05) is 54.6 Å². The zero-order chi connectivity index (χ0) is 27.4. The Kier molecular flexibility index (Phi) is 7.65. The Bertz CT molecular complexity index is 1450. The minimum Gasteiger partial charge on any atom is -0.497 e. The Morgan fingerprint density at radius 1 is 0.872 bits per heavy atom. The monoisotopic (exact) mass is 530 g/mol. The average molecular weight is 531 g/mol. The molecule has 3 aromatic carbocycles. The molecule has 39 heavy (non-hydrogen) atoms. The summed E-state index contributed by atoms with van der Waals surface area (Å²) in [5.74, 6) is 1.42. The fourth-order valence-electron chi connectivity index (χ4n) is 4.97. The summed E-state index contributed by atoms with van der Waals surface area (Å²) < 4.78 is 24.9. The second kappa shape index (κ2) is 11.3. The maximum Gasteiger partial charge on any atom is 0.330 e. The molecule has 1 saturated heterocycles. The number of hydrogen-bond acceptors (Lipinski definition) is 7. The summed E-state index contributed by atoms with van der Waals surface area (Å²) in [7, 11) is 3.23. The van der Waals surface area contributed by atoms with Gasteiger partial charge in [-0.25, -0.2) is 4.79 Å². The minimum absolute atomic E-state index is 0.0166. The summed E-state index contributed by atoms with van der Waals surface area (Å²) in [5, 5.41) is 10.9. The second-order valence-electron chi connectivity index (χ2n) is 9.26. The summed E-state index contributed by atoms with van der Waals surface area (Å²) in [5.41, 5.74) is 0.399. The molecule has 0 saturated carbocycles. The number of rotatable bonds is 9. The second-order valence-corrected chi connectivity index (χ2v) is 9.26. The predicted molar refractivity (Wildman–Crippen MR) is 144 cm³/mol. The normalized spacial score (nSPS) is 19.1. The maximum atomic E-state index is 12.3. The molecule has 202 valence electrons. The Labute approximate surface area is 225 Å². The summed E-state index contributed by atoms with van der Waals surface area (Å²) in [6.45, 7) is 0.0166. The summed E-state index contributed by atoms with van der Waals surface area (Å²) in [4.78, 5) is 26.0. The van der Waals surface area contributed by atoms with E-state index in [2.05, 4.69) is 4.98 Å². The zero-order valence-corrected chi connectivity index (χ0v) is 21.7. The Balaban J connectivity index is 1.54. The highest BCUT2D eigenvalue weighted by Gasteiger charge is 2.42. The third-order valence-corrected chi connectivity index (χ3v) is 7.00. The standard InChI is InChI=1S/C30H30N2O7/c1-36-23-12-8-21(9-13-23)30(20-6-4-3-5-7-20,22-10-14-24(37-2)15-11-22)38-19-26-25(33)18-28(39-26)32-17-16-27(34)31-29(32)35/h3-17,25-26,28,33H,18-19H2,1-2H3,(H,31,34,35)/t25-,26-,28+/m0/s1. The average Bonchev–Trinajstić information content (AvgIpc) is 3.34. The van der Waals surface area contributed by atoms with Crippen molar-refractivity contribution < 1.29 is 24.1 Å². The van der Waals surface area contributed by atoms with E-state index in [1.807, 2.05) is 78.9 Å². The van der Waals surface area contributed by atoms with Gasteiger partial charge < -0.3 is 24.1 Å². The molecular formula is C30H30N2O7.